The number of fused-ring (bicyclic) bond motifs is 1. The van der Waals surface area contributed by atoms with Gasteiger partial charge in [-0.2, -0.15) is 0 Å². The molecule has 0 spiro atoms. The van der Waals surface area contributed by atoms with Crippen molar-refractivity contribution in [3.05, 3.63) is 48.4 Å². The molecule has 3 saturated heterocycles. The zero-order valence-electron chi connectivity index (χ0n) is 26.5. The first-order valence-electron chi connectivity index (χ1n) is 16.0. The number of nitrogens with zero attached hydrogens (tertiary/aromatic N) is 5. The van der Waals surface area contributed by atoms with Crippen molar-refractivity contribution in [3.8, 4) is 5.75 Å². The van der Waals surface area contributed by atoms with Gasteiger partial charge in [-0.15, -0.1) is 0 Å². The van der Waals surface area contributed by atoms with Crippen LogP contribution in [-0.4, -0.2) is 117 Å². The summed E-state index contributed by atoms with van der Waals surface area (Å²) in [5, 5.41) is 0.640. The van der Waals surface area contributed by atoms with E-state index in [1.165, 1.54) is 31.2 Å². The molecule has 3 aliphatic rings. The largest absolute Gasteiger partial charge is 0.491 e. The summed E-state index contributed by atoms with van der Waals surface area (Å²) in [5.74, 6) is -0.716. The maximum Gasteiger partial charge on any atom is 0.210 e. The molecule has 6 rings (SSSR count). The SMILES string of the molecule is CCOc1ccc(S(=O)(=O)c2cnc3ccc(S(C)=O)cc3c2N2CCC(N3CCC(N4CCN(C)CC4)CC3)CC2)cc1F. The van der Waals surface area contributed by atoms with Crippen LogP contribution in [0.4, 0.5) is 10.1 Å². The van der Waals surface area contributed by atoms with Gasteiger partial charge in [-0.3, -0.25) is 14.1 Å². The fraction of sp³-hybridized carbons (Fsp3) is 0.545. The molecule has 0 radical (unpaired) electrons. The Morgan fingerprint density at radius 3 is 2.18 bits per heavy atom. The minimum Gasteiger partial charge on any atom is -0.491 e. The number of likely N-dealkylation sites (N-methyl/N-ethyl adjacent to an activating group) is 1. The van der Waals surface area contributed by atoms with Gasteiger partial charge in [0.25, 0.3) is 0 Å². The van der Waals surface area contributed by atoms with Crippen molar-refractivity contribution in [2.75, 3.05) is 77.2 Å². The van der Waals surface area contributed by atoms with Gasteiger partial charge in [0.1, 0.15) is 4.90 Å². The summed E-state index contributed by atoms with van der Waals surface area (Å²) in [7, 11) is -3.21. The summed E-state index contributed by atoms with van der Waals surface area (Å²) in [5.41, 5.74) is 1.18. The third kappa shape index (κ3) is 6.76. The number of piperidine rings is 2. The van der Waals surface area contributed by atoms with Crippen LogP contribution in [0.3, 0.4) is 0 Å². The van der Waals surface area contributed by atoms with Gasteiger partial charge in [-0.25, -0.2) is 12.8 Å². The van der Waals surface area contributed by atoms with Crippen molar-refractivity contribution < 1.29 is 21.8 Å². The number of likely N-dealkylation sites (tertiary alicyclic amines) is 1. The Morgan fingerprint density at radius 2 is 1.56 bits per heavy atom. The summed E-state index contributed by atoms with van der Waals surface area (Å²) in [4.78, 5) is 14.8. The number of sulfone groups is 1. The van der Waals surface area contributed by atoms with Crippen LogP contribution < -0.4 is 9.64 Å². The lowest BCUT2D eigenvalue weighted by Gasteiger charge is -2.46. The average Bonchev–Trinajstić information content (AvgIpc) is 3.05. The first kappa shape index (κ1) is 32.3. The predicted molar refractivity (Wildman–Crippen MR) is 176 cm³/mol. The second-order valence-corrected chi connectivity index (χ2v) is 15.8. The number of aromatic nitrogens is 1. The van der Waals surface area contributed by atoms with Crippen LogP contribution >= 0.6 is 0 Å². The summed E-state index contributed by atoms with van der Waals surface area (Å²) in [6.45, 7) is 10.2. The smallest absolute Gasteiger partial charge is 0.210 e. The summed E-state index contributed by atoms with van der Waals surface area (Å²) in [6.07, 6.45) is 7.21. The van der Waals surface area contributed by atoms with Gasteiger partial charge in [0.05, 0.1) is 22.7 Å². The van der Waals surface area contributed by atoms with E-state index in [2.05, 4.69) is 31.6 Å². The number of halogens is 1. The van der Waals surface area contributed by atoms with Crippen LogP contribution in [0.5, 0.6) is 5.75 Å². The highest BCUT2D eigenvalue weighted by molar-refractivity contribution is 7.91. The third-order valence-corrected chi connectivity index (χ3v) is 12.4. The van der Waals surface area contributed by atoms with E-state index in [0.717, 1.165) is 58.2 Å². The van der Waals surface area contributed by atoms with Gasteiger partial charge in [0, 0.05) is 84.9 Å². The molecule has 4 heterocycles. The van der Waals surface area contributed by atoms with Gasteiger partial charge in [-0.1, -0.05) is 0 Å². The van der Waals surface area contributed by atoms with Gasteiger partial charge >= 0.3 is 0 Å². The molecule has 45 heavy (non-hydrogen) atoms. The Balaban J connectivity index is 1.25. The number of hydrogen-bond donors (Lipinski definition) is 0. The number of ether oxygens (including phenoxy) is 1. The minimum absolute atomic E-state index is 0.0121. The number of rotatable bonds is 8. The molecule has 0 N–H and O–H groups in total. The summed E-state index contributed by atoms with van der Waals surface area (Å²) in [6, 6.07) is 10.2. The molecule has 3 aromatic rings. The topological polar surface area (TPSA) is 86.3 Å². The van der Waals surface area contributed by atoms with Crippen LogP contribution in [0.1, 0.15) is 32.6 Å². The summed E-state index contributed by atoms with van der Waals surface area (Å²) >= 11 is 0. The Hall–Kier alpha value is -2.64. The Bertz CT molecular complexity index is 1650. The number of hydrogen-bond acceptors (Lipinski definition) is 9. The molecule has 12 heteroatoms. The van der Waals surface area contributed by atoms with E-state index in [-0.39, 0.29) is 22.1 Å². The van der Waals surface area contributed by atoms with Crippen molar-refractivity contribution in [2.24, 2.45) is 0 Å². The van der Waals surface area contributed by atoms with Crippen molar-refractivity contribution in [2.45, 2.75) is 59.4 Å². The van der Waals surface area contributed by atoms with Crippen molar-refractivity contribution in [1.29, 1.82) is 0 Å². The maximum atomic E-state index is 14.8. The summed E-state index contributed by atoms with van der Waals surface area (Å²) < 4.78 is 60.8. The second kappa shape index (κ2) is 13.6. The lowest BCUT2D eigenvalue weighted by Crippen LogP contribution is -2.54. The molecule has 9 nitrogen and oxygen atoms in total. The van der Waals surface area contributed by atoms with Crippen LogP contribution in [0.2, 0.25) is 0 Å². The van der Waals surface area contributed by atoms with E-state index in [1.807, 2.05) is 0 Å². The molecule has 0 aliphatic carbocycles. The Labute approximate surface area is 268 Å². The first-order chi connectivity index (χ1) is 21.7. The molecular weight excluding hydrogens is 614 g/mol. The highest BCUT2D eigenvalue weighted by atomic mass is 32.2. The lowest BCUT2D eigenvalue weighted by molar-refractivity contribution is 0.0495. The molecule has 0 amide bonds. The van der Waals surface area contributed by atoms with E-state index < -0.39 is 26.5 Å². The number of pyridine rings is 1. The van der Waals surface area contributed by atoms with Gasteiger partial charge in [0.15, 0.2) is 11.6 Å². The van der Waals surface area contributed by atoms with E-state index >= 15 is 0 Å². The van der Waals surface area contributed by atoms with Crippen LogP contribution in [0.25, 0.3) is 10.9 Å². The van der Waals surface area contributed by atoms with Crippen LogP contribution in [-0.2, 0) is 20.6 Å². The molecule has 1 unspecified atom stereocenters. The molecule has 1 atom stereocenters. The highest BCUT2D eigenvalue weighted by Crippen LogP contribution is 2.39. The molecule has 2 aromatic carbocycles. The molecule has 3 aliphatic heterocycles. The molecular formula is C33H44FN5O4S2. The maximum absolute atomic E-state index is 14.8. The van der Waals surface area contributed by atoms with Crippen molar-refractivity contribution in [3.63, 3.8) is 0 Å². The van der Waals surface area contributed by atoms with E-state index in [9.17, 15) is 17.0 Å². The van der Waals surface area contributed by atoms with Gasteiger partial charge in [0.2, 0.25) is 9.84 Å². The quantitative estimate of drug-likeness (QED) is 0.357. The Morgan fingerprint density at radius 1 is 0.911 bits per heavy atom. The van der Waals surface area contributed by atoms with Crippen molar-refractivity contribution >= 4 is 37.2 Å². The van der Waals surface area contributed by atoms with Gasteiger partial charge in [-0.05, 0) is 89.1 Å². The lowest BCUT2D eigenvalue weighted by atomic mass is 9.96. The molecule has 0 bridgehead atoms. The van der Waals surface area contributed by atoms with E-state index in [1.54, 1.807) is 31.4 Å². The fourth-order valence-electron chi connectivity index (χ4n) is 7.15. The van der Waals surface area contributed by atoms with E-state index in [4.69, 9.17) is 4.74 Å². The fourth-order valence-corrected chi connectivity index (χ4v) is 9.14. The standard InChI is InChI=1S/C33H44FN5O4S2/c1-4-43-31-8-6-27(22-29(31)34)45(41,42)32-23-35-30-7-5-26(44(3)40)21-28(30)33(32)39-15-11-24(12-16-39)37-13-9-25(10-14-37)38-19-17-36(2)18-20-38/h5-8,21-25H,4,9-20H2,1-3H3. The second-order valence-electron chi connectivity index (χ2n) is 12.5. The number of anilines is 1. The zero-order valence-corrected chi connectivity index (χ0v) is 28.1. The normalized spacial score (nSPS) is 20.9. The minimum atomic E-state index is -4.15. The third-order valence-electron chi connectivity index (χ3n) is 9.76. The van der Waals surface area contributed by atoms with Crippen LogP contribution in [0.15, 0.2) is 57.3 Å². The van der Waals surface area contributed by atoms with Crippen LogP contribution in [0, 0.1) is 5.82 Å². The van der Waals surface area contributed by atoms with Crippen molar-refractivity contribution in [1.82, 2.24) is 19.7 Å². The Kier molecular flexibility index (Phi) is 9.77. The number of piperazine rings is 1. The molecule has 1 aromatic heterocycles. The highest BCUT2D eigenvalue weighted by Gasteiger charge is 2.34. The first-order valence-corrected chi connectivity index (χ1v) is 19.0. The molecule has 0 saturated carbocycles. The number of benzene rings is 2. The van der Waals surface area contributed by atoms with E-state index in [0.29, 0.717) is 46.7 Å². The average molecular weight is 658 g/mol. The zero-order chi connectivity index (χ0) is 31.7. The molecule has 244 valence electrons. The van der Waals surface area contributed by atoms with Gasteiger partial charge < -0.3 is 19.4 Å². The molecule has 3 fully saturated rings. The predicted octanol–water partition coefficient (Wildman–Crippen LogP) is 4.02. The monoisotopic (exact) mass is 657 g/mol.